The number of thiocarbonyl (C=S) groups is 1. The molecule has 9 N–H and O–H groups in total. The number of ketones is 2. The molecule has 1 aromatic rings. The largest absolute Gasteiger partial charge is 0.481 e. The highest BCUT2D eigenvalue weighted by atomic mass is 33.1. The highest BCUT2D eigenvalue weighted by Gasteiger charge is 2.32. The number of ether oxygens (including phenoxy) is 1. The fourth-order valence-corrected chi connectivity index (χ4v) is 7.50. The zero-order valence-corrected chi connectivity index (χ0v) is 34.2. The molecule has 58 heavy (non-hydrogen) atoms. The highest BCUT2D eigenvalue weighted by molar-refractivity contribution is 8.76. The Labute approximate surface area is 347 Å². The Balaban J connectivity index is 2.93. The van der Waals surface area contributed by atoms with Crippen LogP contribution in [0.1, 0.15) is 63.4 Å². The van der Waals surface area contributed by atoms with Gasteiger partial charge in [0.2, 0.25) is 11.8 Å². The summed E-state index contributed by atoms with van der Waals surface area (Å²) in [6.07, 6.45) is -3.54. The number of nitrogens with one attached hydrogen (secondary N) is 4. The first kappa shape index (κ1) is 51.2. The molecule has 1 aromatic carbocycles. The van der Waals surface area contributed by atoms with Crippen LogP contribution in [0.4, 0.5) is 0 Å². The van der Waals surface area contributed by atoms with Crippen molar-refractivity contribution in [2.45, 2.75) is 82.3 Å². The Kier molecular flexibility index (Phi) is 25.2. The van der Waals surface area contributed by atoms with Gasteiger partial charge in [-0.05, 0) is 43.5 Å². The van der Waals surface area contributed by atoms with Crippen LogP contribution in [0.5, 0.6) is 0 Å². The van der Waals surface area contributed by atoms with Crippen LogP contribution in [0, 0.1) is 11.8 Å². The highest BCUT2D eigenvalue weighted by Crippen LogP contribution is 2.23. The molecule has 22 heteroatoms. The number of aliphatic carboxylic acids is 5. The molecule has 0 aliphatic heterocycles. The SMILES string of the molecule is COCCSSC[C@H](NC(=O)[C@@H](CC(=O)[C@H](CC(=O)O)NC(=O)CC[C@H](CC(=O)CC[C@H](NC(=S)NCCCC(=O)O)C(=O)O)C(=O)O)Cc1ccccc1)C(=O)O. The van der Waals surface area contributed by atoms with Gasteiger partial charge in [0.05, 0.1) is 25.0 Å². The fraction of sp³-hybridized carbons (Fsp3) is 0.556. The van der Waals surface area contributed by atoms with E-state index in [1.165, 1.54) is 28.7 Å². The third kappa shape index (κ3) is 22.8. The number of rotatable bonds is 32. The number of carbonyl (C=O) groups is 9. The van der Waals surface area contributed by atoms with Gasteiger partial charge in [-0.2, -0.15) is 0 Å². The molecule has 5 atom stereocenters. The number of carboxylic acids is 5. The Morgan fingerprint density at radius 3 is 1.97 bits per heavy atom. The Hall–Kier alpha value is -4.80. The molecule has 0 aromatic heterocycles. The summed E-state index contributed by atoms with van der Waals surface area (Å²) < 4.78 is 4.96. The summed E-state index contributed by atoms with van der Waals surface area (Å²) in [6, 6.07) is 4.21. The van der Waals surface area contributed by atoms with E-state index in [1.807, 2.05) is 0 Å². The van der Waals surface area contributed by atoms with Crippen molar-refractivity contribution in [3.8, 4) is 0 Å². The quantitative estimate of drug-likeness (QED) is 0.0280. The van der Waals surface area contributed by atoms with Gasteiger partial charge < -0.3 is 51.5 Å². The van der Waals surface area contributed by atoms with Gasteiger partial charge in [-0.25, -0.2) is 9.59 Å². The molecule has 0 aliphatic rings. The van der Waals surface area contributed by atoms with Crippen LogP contribution >= 0.6 is 33.8 Å². The number of Topliss-reactive ketones (excluding diaryl/α,β-unsaturated/α-hetero) is 2. The van der Waals surface area contributed by atoms with Crippen LogP contribution in [0.2, 0.25) is 0 Å². The first-order valence-electron chi connectivity index (χ1n) is 18.0. The zero-order valence-electron chi connectivity index (χ0n) is 31.7. The average Bonchev–Trinajstić information content (AvgIpc) is 3.15. The molecule has 1 rings (SSSR count). The van der Waals surface area contributed by atoms with E-state index in [4.69, 9.17) is 22.1 Å². The van der Waals surface area contributed by atoms with E-state index in [0.29, 0.717) is 17.9 Å². The second-order valence-corrected chi connectivity index (χ2v) is 16.0. The molecule has 19 nitrogen and oxygen atoms in total. The van der Waals surface area contributed by atoms with Crippen molar-refractivity contribution in [2.24, 2.45) is 11.8 Å². The summed E-state index contributed by atoms with van der Waals surface area (Å²) in [4.78, 5) is 111. The van der Waals surface area contributed by atoms with Crippen LogP contribution < -0.4 is 21.3 Å². The monoisotopic (exact) mass is 874 g/mol. The second kappa shape index (κ2) is 28.6. The number of hydrogen-bond acceptors (Lipinski definition) is 13. The van der Waals surface area contributed by atoms with Crippen molar-refractivity contribution in [3.05, 3.63) is 35.9 Å². The van der Waals surface area contributed by atoms with E-state index in [2.05, 4.69) is 21.3 Å². The molecule has 0 saturated heterocycles. The van der Waals surface area contributed by atoms with E-state index in [-0.39, 0.29) is 49.5 Å². The molecule has 0 aliphatic carbocycles. The van der Waals surface area contributed by atoms with Crippen molar-refractivity contribution < 1.29 is 73.4 Å². The van der Waals surface area contributed by atoms with Crippen molar-refractivity contribution in [1.82, 2.24) is 21.3 Å². The average molecular weight is 875 g/mol. The lowest BCUT2D eigenvalue weighted by atomic mass is 9.90. The number of amides is 2. The number of carboxylic acid groups (broad SMARTS) is 5. The van der Waals surface area contributed by atoms with Gasteiger partial charge in [0.1, 0.15) is 17.9 Å². The minimum atomic E-state index is -1.64. The summed E-state index contributed by atoms with van der Waals surface area (Å²) in [7, 11) is 4.07. The van der Waals surface area contributed by atoms with Crippen LogP contribution in [0.15, 0.2) is 30.3 Å². The first-order valence-corrected chi connectivity index (χ1v) is 20.9. The topological polar surface area (TPSA) is 312 Å². The molecule has 0 spiro atoms. The van der Waals surface area contributed by atoms with Crippen molar-refractivity contribution in [2.75, 3.05) is 31.8 Å². The molecule has 322 valence electrons. The smallest absolute Gasteiger partial charge is 0.327 e. The lowest BCUT2D eigenvalue weighted by Crippen LogP contribution is -2.48. The Morgan fingerprint density at radius 1 is 0.707 bits per heavy atom. The predicted molar refractivity (Wildman–Crippen MR) is 215 cm³/mol. The maximum absolute atomic E-state index is 13.5. The molecule has 0 unspecified atom stereocenters. The second-order valence-electron chi connectivity index (χ2n) is 12.9. The van der Waals surface area contributed by atoms with E-state index < -0.39 is 115 Å². The molecule has 0 saturated carbocycles. The van der Waals surface area contributed by atoms with E-state index in [1.54, 1.807) is 30.3 Å². The number of benzene rings is 1. The van der Waals surface area contributed by atoms with Crippen LogP contribution in [0.3, 0.4) is 0 Å². The Morgan fingerprint density at radius 2 is 1.38 bits per heavy atom. The lowest BCUT2D eigenvalue weighted by molar-refractivity contribution is -0.145. The predicted octanol–water partition coefficient (Wildman–Crippen LogP) is 1.36. The van der Waals surface area contributed by atoms with Crippen LogP contribution in [-0.2, 0) is 54.3 Å². The fourth-order valence-electron chi connectivity index (χ4n) is 5.19. The summed E-state index contributed by atoms with van der Waals surface area (Å²) in [5, 5.41) is 57.0. The van der Waals surface area contributed by atoms with E-state index in [0.717, 1.165) is 0 Å². The lowest BCUT2D eigenvalue weighted by Gasteiger charge is -2.22. The first-order chi connectivity index (χ1) is 27.4. The molecular weight excluding hydrogens is 825 g/mol. The number of methoxy groups -OCH3 is 1. The third-order valence-corrected chi connectivity index (χ3v) is 10.9. The standard InChI is InChI=1S/C36H50N4O15S3/c1-55-14-15-57-58-20-27(35(53)54)39-32(48)23(16-21-6-3-2-4-7-21)18-28(42)26(19-31(46)47)38-29(43)12-9-22(33(49)50)17-24(41)10-11-25(34(51)52)40-36(56)37-13-5-8-30(44)45/h2-4,6-7,22-23,25-27H,5,8-20H2,1H3,(H,38,43)(H,39,48)(H,44,45)(H,46,47)(H,49,50)(H,51,52)(H,53,54)(H2,37,40,56)/t22-,23-,25+,26+,27+/m1/s1. The summed E-state index contributed by atoms with van der Waals surface area (Å²) in [5.74, 6) is -11.7. The van der Waals surface area contributed by atoms with Gasteiger partial charge >= 0.3 is 29.8 Å². The zero-order chi connectivity index (χ0) is 43.6. The number of carbonyl (C=O) groups excluding carboxylic acids is 4. The molecule has 0 fully saturated rings. The van der Waals surface area contributed by atoms with Gasteiger partial charge in [0.15, 0.2) is 10.9 Å². The van der Waals surface area contributed by atoms with Gasteiger partial charge in [0.25, 0.3) is 0 Å². The van der Waals surface area contributed by atoms with Crippen molar-refractivity contribution >= 4 is 92.1 Å². The summed E-state index contributed by atoms with van der Waals surface area (Å²) in [6.45, 7) is 0.585. The maximum Gasteiger partial charge on any atom is 0.327 e. The minimum absolute atomic E-state index is 0.00664. The Bertz CT molecular complexity index is 1580. The maximum atomic E-state index is 13.5. The van der Waals surface area contributed by atoms with Crippen molar-refractivity contribution in [1.29, 1.82) is 0 Å². The van der Waals surface area contributed by atoms with Gasteiger partial charge in [-0.1, -0.05) is 51.9 Å². The molecule has 0 radical (unpaired) electrons. The molecular formula is C36H50N4O15S3. The van der Waals surface area contributed by atoms with E-state index in [9.17, 15) is 63.6 Å². The number of hydrogen-bond donors (Lipinski definition) is 9. The normalized spacial score (nSPS) is 13.4. The van der Waals surface area contributed by atoms with Gasteiger partial charge in [0, 0.05) is 63.2 Å². The van der Waals surface area contributed by atoms with Crippen LogP contribution in [-0.4, -0.2) is 134 Å². The molecule has 2 amide bonds. The third-order valence-electron chi connectivity index (χ3n) is 8.26. The van der Waals surface area contributed by atoms with Crippen molar-refractivity contribution in [3.63, 3.8) is 0 Å². The molecule has 0 heterocycles. The van der Waals surface area contributed by atoms with Gasteiger partial charge in [-0.3, -0.25) is 33.6 Å². The van der Waals surface area contributed by atoms with Gasteiger partial charge in [-0.15, -0.1) is 0 Å². The summed E-state index contributed by atoms with van der Waals surface area (Å²) in [5.41, 5.74) is 0.625. The van der Waals surface area contributed by atoms with Crippen LogP contribution in [0.25, 0.3) is 0 Å². The molecule has 0 bridgehead atoms. The minimum Gasteiger partial charge on any atom is -0.481 e. The van der Waals surface area contributed by atoms with E-state index >= 15 is 0 Å². The summed E-state index contributed by atoms with van der Waals surface area (Å²) >= 11 is 5.02.